The van der Waals surface area contributed by atoms with Crippen LogP contribution in [0.4, 0.5) is 0 Å². The molecule has 0 radical (unpaired) electrons. The first kappa shape index (κ1) is 13.1. The van der Waals surface area contributed by atoms with E-state index in [-0.39, 0.29) is 5.41 Å². The monoisotopic (exact) mass is 287 g/mol. The summed E-state index contributed by atoms with van der Waals surface area (Å²) in [6.45, 7) is 5.50. The quantitative estimate of drug-likeness (QED) is 0.504. The van der Waals surface area contributed by atoms with E-state index in [0.717, 1.165) is 12.0 Å². The Bertz CT molecular complexity index is 295. The third-order valence-electron chi connectivity index (χ3n) is 2.53. The minimum absolute atomic E-state index is 0.185. The Morgan fingerprint density at radius 2 is 1.87 bits per heavy atom. The second kappa shape index (κ2) is 5.92. The molecule has 0 aliphatic heterocycles. The van der Waals surface area contributed by atoms with Crippen LogP contribution < -0.4 is 5.32 Å². The van der Waals surface area contributed by atoms with E-state index in [1.54, 1.807) is 11.8 Å². The summed E-state index contributed by atoms with van der Waals surface area (Å²) in [7, 11) is 0. The molecule has 0 bridgehead atoms. The lowest BCUT2D eigenvalue weighted by Crippen LogP contribution is -2.32. The second-order valence-corrected chi connectivity index (χ2v) is 5.61. The van der Waals surface area contributed by atoms with Gasteiger partial charge in [0, 0.05) is 16.9 Å². The summed E-state index contributed by atoms with van der Waals surface area (Å²) in [5.74, 6) is 0. The Hall–Kier alpha value is 0.01000. The van der Waals surface area contributed by atoms with Crippen LogP contribution >= 0.6 is 27.7 Å². The average molecular weight is 288 g/mol. The van der Waals surface area contributed by atoms with Gasteiger partial charge in [0.2, 0.25) is 0 Å². The van der Waals surface area contributed by atoms with Crippen LogP contribution in [0.1, 0.15) is 19.4 Å². The van der Waals surface area contributed by atoms with E-state index in [2.05, 4.69) is 65.6 Å². The molecule has 0 heterocycles. The highest BCUT2D eigenvalue weighted by Gasteiger charge is 2.19. The van der Waals surface area contributed by atoms with E-state index in [9.17, 15) is 0 Å². The maximum absolute atomic E-state index is 3.38. The van der Waals surface area contributed by atoms with Gasteiger partial charge >= 0.3 is 0 Å². The summed E-state index contributed by atoms with van der Waals surface area (Å²) in [6.07, 6.45) is 2.10. The SMILES string of the molecule is CSc1ccc(C(C)(C)CNCBr)cc1. The van der Waals surface area contributed by atoms with Crippen LogP contribution in [0.3, 0.4) is 0 Å². The Kier molecular flexibility index (Phi) is 5.16. The van der Waals surface area contributed by atoms with Crippen LogP contribution in [0.25, 0.3) is 0 Å². The lowest BCUT2D eigenvalue weighted by atomic mass is 9.85. The van der Waals surface area contributed by atoms with Crippen molar-refractivity contribution in [2.75, 3.05) is 18.3 Å². The molecule has 1 nitrogen and oxygen atoms in total. The minimum Gasteiger partial charge on any atom is -0.306 e. The summed E-state index contributed by atoms with van der Waals surface area (Å²) < 4.78 is 0. The van der Waals surface area contributed by atoms with Crippen LogP contribution in [-0.4, -0.2) is 18.3 Å². The number of nitrogens with one attached hydrogen (secondary N) is 1. The largest absolute Gasteiger partial charge is 0.306 e. The molecule has 0 fully saturated rings. The predicted molar refractivity (Wildman–Crippen MR) is 73.0 cm³/mol. The molecule has 0 aliphatic rings. The van der Waals surface area contributed by atoms with Crippen LogP contribution in [0.15, 0.2) is 29.2 Å². The Morgan fingerprint density at radius 1 is 1.27 bits per heavy atom. The number of hydrogen-bond donors (Lipinski definition) is 1. The molecule has 0 amide bonds. The minimum atomic E-state index is 0.185. The van der Waals surface area contributed by atoms with Gasteiger partial charge in [0.05, 0.1) is 5.45 Å². The van der Waals surface area contributed by atoms with E-state index < -0.39 is 0 Å². The van der Waals surface area contributed by atoms with Crippen LogP contribution in [0.5, 0.6) is 0 Å². The van der Waals surface area contributed by atoms with Crippen molar-refractivity contribution in [3.63, 3.8) is 0 Å². The number of thioether (sulfide) groups is 1. The third-order valence-corrected chi connectivity index (χ3v) is 3.67. The van der Waals surface area contributed by atoms with Crippen LogP contribution in [0, 0.1) is 0 Å². The van der Waals surface area contributed by atoms with Gasteiger partial charge in [0.1, 0.15) is 0 Å². The molecule has 1 aromatic carbocycles. The zero-order chi connectivity index (χ0) is 11.3. The fourth-order valence-corrected chi connectivity index (χ4v) is 2.11. The molecule has 0 spiro atoms. The first-order valence-corrected chi connectivity index (χ1v) is 7.36. The van der Waals surface area contributed by atoms with E-state index in [0.29, 0.717) is 0 Å². The zero-order valence-corrected chi connectivity index (χ0v) is 11.9. The van der Waals surface area contributed by atoms with Gasteiger partial charge in [0.15, 0.2) is 0 Å². The van der Waals surface area contributed by atoms with Crippen LogP contribution in [0.2, 0.25) is 0 Å². The van der Waals surface area contributed by atoms with Gasteiger partial charge in [-0.05, 0) is 24.0 Å². The Labute approximate surface area is 105 Å². The second-order valence-electron chi connectivity index (χ2n) is 4.17. The topological polar surface area (TPSA) is 12.0 Å². The summed E-state index contributed by atoms with van der Waals surface area (Å²) in [5.41, 5.74) is 2.41. The maximum Gasteiger partial charge on any atom is 0.0517 e. The summed E-state index contributed by atoms with van der Waals surface area (Å²) in [5, 5.41) is 3.33. The molecular weight excluding hydrogens is 270 g/mol. The van der Waals surface area contributed by atoms with Gasteiger partial charge in [-0.25, -0.2) is 0 Å². The number of halogens is 1. The van der Waals surface area contributed by atoms with Crippen molar-refractivity contribution in [1.29, 1.82) is 0 Å². The van der Waals surface area contributed by atoms with Crippen molar-refractivity contribution in [1.82, 2.24) is 5.32 Å². The molecule has 0 aliphatic carbocycles. The van der Waals surface area contributed by atoms with Crippen molar-refractivity contribution in [3.05, 3.63) is 29.8 Å². The predicted octanol–water partition coefficient (Wildman–Crippen LogP) is 3.63. The van der Waals surface area contributed by atoms with Crippen molar-refractivity contribution in [3.8, 4) is 0 Å². The molecule has 3 heteroatoms. The highest BCUT2D eigenvalue weighted by Crippen LogP contribution is 2.24. The molecule has 0 unspecified atom stereocenters. The van der Waals surface area contributed by atoms with E-state index in [1.165, 1.54) is 10.5 Å². The highest BCUT2D eigenvalue weighted by atomic mass is 79.9. The Morgan fingerprint density at radius 3 is 2.33 bits per heavy atom. The number of hydrogen-bond acceptors (Lipinski definition) is 2. The number of rotatable bonds is 5. The van der Waals surface area contributed by atoms with Gasteiger partial charge in [-0.3, -0.25) is 0 Å². The van der Waals surface area contributed by atoms with E-state index >= 15 is 0 Å². The number of alkyl halides is 1. The standard InChI is InChI=1S/C12H18BrNS/c1-12(2,8-14-9-13)10-4-6-11(15-3)7-5-10/h4-7,14H,8-9H2,1-3H3. The average Bonchev–Trinajstić information content (AvgIpc) is 2.26. The smallest absolute Gasteiger partial charge is 0.0517 e. The molecule has 0 saturated carbocycles. The summed E-state index contributed by atoms with van der Waals surface area (Å²) >= 11 is 5.17. The zero-order valence-electron chi connectivity index (χ0n) is 9.51. The first-order chi connectivity index (χ1) is 7.10. The fraction of sp³-hybridized carbons (Fsp3) is 0.500. The molecule has 84 valence electrons. The molecule has 1 aromatic rings. The van der Waals surface area contributed by atoms with E-state index in [1.807, 2.05) is 0 Å². The molecule has 0 saturated heterocycles. The van der Waals surface area contributed by atoms with Crippen LogP contribution in [-0.2, 0) is 5.41 Å². The fourth-order valence-electron chi connectivity index (χ4n) is 1.50. The third kappa shape index (κ3) is 3.82. The molecule has 0 atom stereocenters. The Balaban J connectivity index is 2.75. The summed E-state index contributed by atoms with van der Waals surface area (Å²) in [4.78, 5) is 1.32. The van der Waals surface area contributed by atoms with Gasteiger partial charge in [0.25, 0.3) is 0 Å². The van der Waals surface area contributed by atoms with Gasteiger partial charge in [-0.15, -0.1) is 11.8 Å². The van der Waals surface area contributed by atoms with Crippen molar-refractivity contribution >= 4 is 27.7 Å². The maximum atomic E-state index is 3.38. The highest BCUT2D eigenvalue weighted by molar-refractivity contribution is 9.09. The normalized spacial score (nSPS) is 11.7. The van der Waals surface area contributed by atoms with Crippen molar-refractivity contribution in [2.24, 2.45) is 0 Å². The lowest BCUT2D eigenvalue weighted by Gasteiger charge is -2.25. The summed E-state index contributed by atoms with van der Waals surface area (Å²) in [6, 6.07) is 8.83. The van der Waals surface area contributed by atoms with Crippen molar-refractivity contribution in [2.45, 2.75) is 24.2 Å². The molecule has 1 rings (SSSR count). The van der Waals surface area contributed by atoms with E-state index in [4.69, 9.17) is 0 Å². The number of benzene rings is 1. The molecular formula is C12H18BrNS. The molecule has 15 heavy (non-hydrogen) atoms. The van der Waals surface area contributed by atoms with Gasteiger partial charge < -0.3 is 5.32 Å². The molecule has 1 N–H and O–H groups in total. The van der Waals surface area contributed by atoms with Gasteiger partial charge in [-0.1, -0.05) is 41.9 Å². The first-order valence-electron chi connectivity index (χ1n) is 5.01. The van der Waals surface area contributed by atoms with Gasteiger partial charge in [-0.2, -0.15) is 0 Å². The molecule has 0 aromatic heterocycles. The lowest BCUT2D eigenvalue weighted by molar-refractivity contribution is 0.491. The van der Waals surface area contributed by atoms with Crippen molar-refractivity contribution < 1.29 is 0 Å².